The minimum absolute atomic E-state index is 0.0554. The number of aliphatic imine (C=N–C) groups is 1. The number of nitrogens with zero attached hydrogens (tertiary/aromatic N) is 2. The molecule has 0 spiro atoms. The molecule has 0 saturated heterocycles. The van der Waals surface area contributed by atoms with Crippen molar-refractivity contribution in [2.75, 3.05) is 25.9 Å². The molecule has 2 aromatic rings. The van der Waals surface area contributed by atoms with Gasteiger partial charge in [0.15, 0.2) is 0 Å². The number of aromatic nitrogens is 1. The van der Waals surface area contributed by atoms with Crippen LogP contribution in [0.4, 0.5) is 5.13 Å². The van der Waals surface area contributed by atoms with E-state index in [2.05, 4.69) is 29.7 Å². The Balaban J connectivity index is 0.000000708. The molecular formula is C23H32N8O8S4. The number of carboxylic acids is 2. The van der Waals surface area contributed by atoms with Crippen LogP contribution >= 0.6 is 23.1 Å². The maximum Gasteiger partial charge on any atom is 0.328 e. The first-order chi connectivity index (χ1) is 20.2. The Kier molecular flexibility index (Phi) is 13.9. The Morgan fingerprint density at radius 1 is 1.21 bits per heavy atom. The Morgan fingerprint density at radius 3 is 2.44 bits per heavy atom. The molecule has 9 N–H and O–H groups in total. The van der Waals surface area contributed by atoms with Crippen molar-refractivity contribution in [1.29, 1.82) is 0 Å². The lowest BCUT2D eigenvalue weighted by Gasteiger charge is -2.13. The molecule has 1 saturated carbocycles. The zero-order valence-electron chi connectivity index (χ0n) is 22.8. The van der Waals surface area contributed by atoms with Crippen LogP contribution in [0, 0.1) is 5.92 Å². The van der Waals surface area contributed by atoms with Crippen molar-refractivity contribution in [3.63, 3.8) is 0 Å². The number of carboxylic acid groups (broad SMARTS) is 2. The van der Waals surface area contributed by atoms with Crippen LogP contribution in [0.15, 0.2) is 56.6 Å². The number of nitrogens with one attached hydrogen (secondary N) is 4. The summed E-state index contributed by atoms with van der Waals surface area (Å²) in [5, 5.41) is 22.7. The standard InChI is InChI=1S/C19H28N8O4S4.C4H4O4/c1-22-18(23-7-8-32-11-14-12-33-19(25-14)26-17(20)21)27-35(30,31)16-4-2-3-15(9-16)34(28,29)24-10-13-5-6-13;5-3(6)1-2-4(7)8/h2-4,9,12-13,24H,5-8,10-11H2,1H3,(H2,22,23,27)(H4,20,21,25,26);1-2H,(H,5,6)(H,7,8)/b;2-1+. The second-order valence-corrected chi connectivity index (χ2v) is 14.1. The predicted octanol–water partition coefficient (Wildman–Crippen LogP) is -3.02. The number of guanidine groups is 2. The molecule has 0 amide bonds. The maximum atomic E-state index is 12.8. The highest BCUT2D eigenvalue weighted by Gasteiger charge is 2.25. The molecule has 3 rings (SSSR count). The summed E-state index contributed by atoms with van der Waals surface area (Å²) in [5.74, 6) is -0.996. The number of carbonyl (C=O) groups excluding carboxylic acids is 1. The van der Waals surface area contributed by atoms with Crippen molar-refractivity contribution >= 4 is 72.1 Å². The monoisotopic (exact) mass is 676 g/mol. The first kappa shape index (κ1) is 35.5. The van der Waals surface area contributed by atoms with Gasteiger partial charge in [0.05, 0.1) is 15.8 Å². The topological polar surface area (TPSA) is 273 Å². The van der Waals surface area contributed by atoms with Crippen molar-refractivity contribution in [2.45, 2.75) is 28.4 Å². The number of carbonyl (C=O) groups is 2. The van der Waals surface area contributed by atoms with Crippen molar-refractivity contribution in [1.82, 2.24) is 19.7 Å². The van der Waals surface area contributed by atoms with Gasteiger partial charge < -0.3 is 31.8 Å². The first-order valence-electron chi connectivity index (χ1n) is 12.3. The van der Waals surface area contributed by atoms with Crippen molar-refractivity contribution in [2.24, 2.45) is 22.4 Å². The lowest BCUT2D eigenvalue weighted by Crippen LogP contribution is -2.72. The fraction of sp³-hybridized carbons (Fsp3) is 0.348. The van der Waals surface area contributed by atoms with Gasteiger partial charge >= 0.3 is 11.9 Å². The maximum absolute atomic E-state index is 12.8. The molecule has 0 radical (unpaired) electrons. The van der Waals surface area contributed by atoms with Gasteiger partial charge in [-0.05, 0) is 43.0 Å². The Bertz CT molecular complexity index is 1550. The highest BCUT2D eigenvalue weighted by atomic mass is 32.2. The molecule has 1 aromatic carbocycles. The molecule has 20 heteroatoms. The largest absolute Gasteiger partial charge is 0.545 e. The molecule has 236 valence electrons. The van der Waals surface area contributed by atoms with Crippen LogP contribution in [-0.2, 0) is 35.4 Å². The van der Waals surface area contributed by atoms with Crippen LogP contribution in [-0.4, -0.2) is 76.7 Å². The number of hydrogen-bond donors (Lipinski definition) is 7. The molecule has 1 aliphatic carbocycles. The SMILES string of the molecule is CN=C(NCCSCc1csc([NH+]=C(N)N)n1)NS(=O)(=O)c1cccc(S(=O)(=O)NCC2CC2)c1.O=C([O-])/C=C/C(=O)O. The van der Waals surface area contributed by atoms with E-state index >= 15 is 0 Å². The van der Waals surface area contributed by atoms with Gasteiger partial charge in [0, 0.05) is 43.1 Å². The third kappa shape index (κ3) is 13.9. The third-order valence-corrected chi connectivity index (χ3v) is 9.65. The van der Waals surface area contributed by atoms with E-state index in [9.17, 15) is 31.5 Å². The predicted molar refractivity (Wildman–Crippen MR) is 160 cm³/mol. The Labute approximate surface area is 256 Å². The average molecular weight is 677 g/mol. The summed E-state index contributed by atoms with van der Waals surface area (Å²) in [6.07, 6.45) is 2.94. The number of benzene rings is 1. The van der Waals surface area contributed by atoms with E-state index in [0.717, 1.165) is 24.6 Å². The number of thiazole rings is 1. The summed E-state index contributed by atoms with van der Waals surface area (Å²) in [6, 6.07) is 5.22. The molecular weight excluding hydrogens is 645 g/mol. The highest BCUT2D eigenvalue weighted by Crippen LogP contribution is 2.28. The molecule has 0 unspecified atom stereocenters. The van der Waals surface area contributed by atoms with Gasteiger partial charge in [0.1, 0.15) is 5.69 Å². The summed E-state index contributed by atoms with van der Waals surface area (Å²) >= 11 is 2.99. The van der Waals surface area contributed by atoms with Crippen LogP contribution in [0.1, 0.15) is 18.5 Å². The number of hydrogen-bond acceptors (Lipinski definition) is 11. The van der Waals surface area contributed by atoms with E-state index in [0.29, 0.717) is 47.8 Å². The summed E-state index contributed by atoms with van der Waals surface area (Å²) in [4.78, 5) is 29.7. The lowest BCUT2D eigenvalue weighted by molar-refractivity contribution is -0.355. The Hall–Kier alpha value is -3.72. The molecule has 0 aliphatic heterocycles. The van der Waals surface area contributed by atoms with E-state index in [1.165, 1.54) is 36.6 Å². The summed E-state index contributed by atoms with van der Waals surface area (Å²) in [5.41, 5.74) is 11.7. The molecule has 43 heavy (non-hydrogen) atoms. The van der Waals surface area contributed by atoms with Gasteiger partial charge in [-0.1, -0.05) is 17.4 Å². The smallest absolute Gasteiger partial charge is 0.328 e. The molecule has 1 aromatic heterocycles. The van der Waals surface area contributed by atoms with E-state index in [1.54, 1.807) is 11.8 Å². The Morgan fingerprint density at radius 2 is 1.88 bits per heavy atom. The number of aliphatic carboxylic acids is 2. The summed E-state index contributed by atoms with van der Waals surface area (Å²) in [7, 11) is -6.39. The van der Waals surface area contributed by atoms with E-state index in [-0.39, 0.29) is 21.7 Å². The number of nitrogens with two attached hydrogens (primary N) is 2. The molecule has 1 heterocycles. The minimum Gasteiger partial charge on any atom is -0.545 e. The summed E-state index contributed by atoms with van der Waals surface area (Å²) < 4.78 is 55.5. The van der Waals surface area contributed by atoms with Gasteiger partial charge in [-0.3, -0.25) is 4.99 Å². The van der Waals surface area contributed by atoms with Crippen LogP contribution in [0.5, 0.6) is 0 Å². The zero-order chi connectivity index (χ0) is 32.0. The number of rotatable bonds is 14. The van der Waals surface area contributed by atoms with Gasteiger partial charge in [0.25, 0.3) is 15.2 Å². The van der Waals surface area contributed by atoms with Gasteiger partial charge in [-0.25, -0.2) is 36.1 Å². The minimum atomic E-state index is -4.05. The van der Waals surface area contributed by atoms with Gasteiger partial charge in [-0.15, -0.1) is 4.98 Å². The molecule has 1 fully saturated rings. The second kappa shape index (κ2) is 16.8. The van der Waals surface area contributed by atoms with Gasteiger partial charge in [-0.2, -0.15) is 11.8 Å². The number of sulfonamides is 2. The normalized spacial score (nSPS) is 13.6. The van der Waals surface area contributed by atoms with Crippen molar-refractivity contribution in [3.8, 4) is 0 Å². The highest BCUT2D eigenvalue weighted by molar-refractivity contribution is 7.98. The van der Waals surface area contributed by atoms with Crippen molar-refractivity contribution < 1.29 is 41.6 Å². The molecule has 0 atom stereocenters. The van der Waals surface area contributed by atoms with Crippen LogP contribution < -0.4 is 36.3 Å². The molecule has 1 aliphatic rings. The van der Waals surface area contributed by atoms with Crippen LogP contribution in [0.3, 0.4) is 0 Å². The van der Waals surface area contributed by atoms with E-state index < -0.39 is 32.0 Å². The molecule has 16 nitrogen and oxygen atoms in total. The first-order valence-corrected chi connectivity index (χ1v) is 17.3. The van der Waals surface area contributed by atoms with Crippen LogP contribution in [0.2, 0.25) is 0 Å². The average Bonchev–Trinajstić information content (AvgIpc) is 3.68. The van der Waals surface area contributed by atoms with Gasteiger partial charge in [0.2, 0.25) is 16.0 Å². The van der Waals surface area contributed by atoms with E-state index in [1.807, 2.05) is 5.38 Å². The second-order valence-electron chi connectivity index (χ2n) is 8.64. The zero-order valence-corrected chi connectivity index (χ0v) is 26.1. The quantitative estimate of drug-likeness (QED) is 0.0455. The van der Waals surface area contributed by atoms with E-state index in [4.69, 9.17) is 16.6 Å². The van der Waals surface area contributed by atoms with Crippen LogP contribution in [0.25, 0.3) is 0 Å². The summed E-state index contributed by atoms with van der Waals surface area (Å²) in [6.45, 7) is 0.797. The third-order valence-electron chi connectivity index (χ3n) is 5.09. The number of thioether (sulfide) groups is 1. The fourth-order valence-corrected chi connectivity index (χ4v) is 6.80. The lowest BCUT2D eigenvalue weighted by atomic mass is 10.4. The van der Waals surface area contributed by atoms with Crippen molar-refractivity contribution in [3.05, 3.63) is 47.5 Å². The fourth-order valence-electron chi connectivity index (χ4n) is 2.90. The molecule has 0 bridgehead atoms.